The zero-order valence-corrected chi connectivity index (χ0v) is 21.0. The largest absolute Gasteiger partial charge is 0.496 e. The molecule has 0 radical (unpaired) electrons. The minimum absolute atomic E-state index is 0.236. The van der Waals surface area contributed by atoms with Gasteiger partial charge in [0, 0.05) is 54.7 Å². The van der Waals surface area contributed by atoms with Crippen molar-refractivity contribution < 1.29 is 19.1 Å². The van der Waals surface area contributed by atoms with Crippen molar-refractivity contribution in [3.05, 3.63) is 69.9 Å². The summed E-state index contributed by atoms with van der Waals surface area (Å²) >= 11 is 6.22. The molecule has 4 rings (SSSR count). The number of hydrogen-bond donors (Lipinski definition) is 2. The Morgan fingerprint density at radius 1 is 1.14 bits per heavy atom. The van der Waals surface area contributed by atoms with Gasteiger partial charge in [-0.3, -0.25) is 4.90 Å². The van der Waals surface area contributed by atoms with E-state index in [-0.39, 0.29) is 12.6 Å². The van der Waals surface area contributed by atoms with Crippen molar-refractivity contribution in [2.75, 3.05) is 51.3 Å². The van der Waals surface area contributed by atoms with Crippen LogP contribution in [0.2, 0.25) is 5.02 Å². The third-order valence-corrected chi connectivity index (χ3v) is 6.60. The van der Waals surface area contributed by atoms with E-state index in [1.165, 1.54) is 5.56 Å². The van der Waals surface area contributed by atoms with Gasteiger partial charge in [-0.2, -0.15) is 0 Å². The molecule has 2 amide bonds. The fourth-order valence-corrected chi connectivity index (χ4v) is 4.79. The standard InChI is InChI=1S/C26H31ClN4O4/c1-4-35-25(32)23-20(28-26(33)29-24(23)19-7-5-6-8-22(19)34-3)16-30-11-13-31(14-12-30)21-15-18(27)10-9-17(21)2/h5-10,15,24H,4,11-14,16H2,1-3H3,(H2,28,29,33)/t24-/m0/s1. The summed E-state index contributed by atoms with van der Waals surface area (Å²) in [5, 5.41) is 6.46. The van der Waals surface area contributed by atoms with Crippen LogP contribution in [-0.4, -0.2) is 63.3 Å². The number of carbonyl (C=O) groups is 2. The van der Waals surface area contributed by atoms with E-state index in [1.807, 2.05) is 42.5 Å². The number of esters is 1. The molecular weight excluding hydrogens is 468 g/mol. The zero-order chi connectivity index (χ0) is 24.9. The maximum Gasteiger partial charge on any atom is 0.338 e. The average molecular weight is 499 g/mol. The van der Waals surface area contributed by atoms with Crippen molar-refractivity contribution in [2.24, 2.45) is 0 Å². The molecule has 9 heteroatoms. The second-order valence-electron chi connectivity index (χ2n) is 8.58. The number of para-hydroxylation sites is 1. The Balaban J connectivity index is 1.59. The van der Waals surface area contributed by atoms with Crippen molar-refractivity contribution in [3.63, 3.8) is 0 Å². The monoisotopic (exact) mass is 498 g/mol. The average Bonchev–Trinajstić information content (AvgIpc) is 2.85. The molecule has 2 heterocycles. The van der Waals surface area contributed by atoms with E-state index in [0.29, 0.717) is 29.1 Å². The highest BCUT2D eigenvalue weighted by Crippen LogP contribution is 2.34. The minimum atomic E-state index is -0.677. The Morgan fingerprint density at radius 2 is 1.89 bits per heavy atom. The molecule has 186 valence electrons. The highest BCUT2D eigenvalue weighted by Gasteiger charge is 2.36. The maximum absolute atomic E-state index is 13.1. The molecule has 1 atom stereocenters. The van der Waals surface area contributed by atoms with Crippen LogP contribution < -0.4 is 20.3 Å². The Hall–Kier alpha value is -3.23. The predicted octanol–water partition coefficient (Wildman–Crippen LogP) is 3.65. The van der Waals surface area contributed by atoms with Crippen LogP contribution in [0.15, 0.2) is 53.7 Å². The van der Waals surface area contributed by atoms with Crippen molar-refractivity contribution in [1.82, 2.24) is 15.5 Å². The molecule has 0 spiro atoms. The lowest BCUT2D eigenvalue weighted by molar-refractivity contribution is -0.139. The molecule has 1 fully saturated rings. The fraction of sp³-hybridized carbons (Fsp3) is 0.385. The quantitative estimate of drug-likeness (QED) is 0.567. The van der Waals surface area contributed by atoms with Crippen LogP contribution in [0, 0.1) is 6.92 Å². The number of amides is 2. The molecule has 0 saturated carbocycles. The van der Waals surface area contributed by atoms with Gasteiger partial charge in [0.15, 0.2) is 0 Å². The van der Waals surface area contributed by atoms with Gasteiger partial charge >= 0.3 is 12.0 Å². The number of methoxy groups -OCH3 is 1. The summed E-state index contributed by atoms with van der Waals surface area (Å²) in [7, 11) is 1.57. The van der Waals surface area contributed by atoms with Crippen LogP contribution in [0.4, 0.5) is 10.5 Å². The summed E-state index contributed by atoms with van der Waals surface area (Å²) in [4.78, 5) is 30.3. The number of carbonyl (C=O) groups excluding carboxylic acids is 2. The van der Waals surface area contributed by atoms with E-state index >= 15 is 0 Å². The topological polar surface area (TPSA) is 83.1 Å². The van der Waals surface area contributed by atoms with Gasteiger partial charge in [-0.05, 0) is 37.6 Å². The van der Waals surface area contributed by atoms with Crippen molar-refractivity contribution in [2.45, 2.75) is 19.9 Å². The smallest absolute Gasteiger partial charge is 0.338 e. The fourth-order valence-electron chi connectivity index (χ4n) is 4.62. The summed E-state index contributed by atoms with van der Waals surface area (Å²) in [5.74, 6) is 0.130. The first-order valence-corrected chi connectivity index (χ1v) is 12.1. The number of urea groups is 1. The van der Waals surface area contributed by atoms with Crippen LogP contribution in [0.3, 0.4) is 0 Å². The molecule has 8 nitrogen and oxygen atoms in total. The van der Waals surface area contributed by atoms with Crippen molar-refractivity contribution >= 4 is 29.3 Å². The number of nitrogens with one attached hydrogen (secondary N) is 2. The molecular formula is C26H31ClN4O4. The van der Waals surface area contributed by atoms with Gasteiger partial charge in [-0.15, -0.1) is 0 Å². The maximum atomic E-state index is 13.1. The highest BCUT2D eigenvalue weighted by molar-refractivity contribution is 6.30. The minimum Gasteiger partial charge on any atom is -0.496 e. The Labute approximate surface area is 210 Å². The summed E-state index contributed by atoms with van der Waals surface area (Å²) in [6, 6.07) is 12.2. The lowest BCUT2D eigenvalue weighted by atomic mass is 9.94. The molecule has 0 unspecified atom stereocenters. The van der Waals surface area contributed by atoms with E-state index < -0.39 is 12.0 Å². The van der Waals surface area contributed by atoms with Crippen LogP contribution in [-0.2, 0) is 9.53 Å². The molecule has 0 bridgehead atoms. The predicted molar refractivity (Wildman–Crippen MR) is 136 cm³/mol. The SMILES string of the molecule is CCOC(=O)C1=C(CN2CCN(c3cc(Cl)ccc3C)CC2)NC(=O)N[C@H]1c1ccccc1OC. The van der Waals surface area contributed by atoms with Gasteiger partial charge in [0.25, 0.3) is 0 Å². The number of nitrogens with zero attached hydrogens (tertiary/aromatic N) is 2. The lowest BCUT2D eigenvalue weighted by Gasteiger charge is -2.38. The summed E-state index contributed by atoms with van der Waals surface area (Å²) in [6.07, 6.45) is 0. The number of hydrogen-bond acceptors (Lipinski definition) is 6. The Morgan fingerprint density at radius 3 is 2.60 bits per heavy atom. The number of piperazine rings is 1. The first kappa shape index (κ1) is 24.9. The lowest BCUT2D eigenvalue weighted by Crippen LogP contribution is -2.52. The van der Waals surface area contributed by atoms with E-state index in [4.69, 9.17) is 21.1 Å². The molecule has 35 heavy (non-hydrogen) atoms. The summed E-state index contributed by atoms with van der Waals surface area (Å²) in [5.41, 5.74) is 3.96. The van der Waals surface area contributed by atoms with Crippen LogP contribution in [0.1, 0.15) is 24.1 Å². The van der Waals surface area contributed by atoms with Gasteiger partial charge in [0.05, 0.1) is 25.3 Å². The van der Waals surface area contributed by atoms with Crippen LogP contribution >= 0.6 is 11.6 Å². The highest BCUT2D eigenvalue weighted by atomic mass is 35.5. The van der Waals surface area contributed by atoms with Gasteiger partial charge < -0.3 is 25.0 Å². The second kappa shape index (κ2) is 11.0. The van der Waals surface area contributed by atoms with Crippen molar-refractivity contribution in [1.29, 1.82) is 0 Å². The Bertz CT molecular complexity index is 1130. The number of halogens is 1. The van der Waals surface area contributed by atoms with Gasteiger partial charge in [-0.1, -0.05) is 35.9 Å². The number of aryl methyl sites for hydroxylation is 1. The molecule has 0 aromatic heterocycles. The summed E-state index contributed by atoms with van der Waals surface area (Å²) in [6.45, 7) is 7.67. The van der Waals surface area contributed by atoms with Crippen LogP contribution in [0.25, 0.3) is 0 Å². The normalized spacial score (nSPS) is 18.7. The van der Waals surface area contributed by atoms with E-state index in [1.54, 1.807) is 14.0 Å². The zero-order valence-electron chi connectivity index (χ0n) is 20.3. The van der Waals surface area contributed by atoms with E-state index in [2.05, 4.69) is 27.4 Å². The van der Waals surface area contributed by atoms with Gasteiger partial charge in [0.2, 0.25) is 0 Å². The molecule has 2 aliphatic heterocycles. The third-order valence-electron chi connectivity index (χ3n) is 6.36. The molecule has 2 aliphatic rings. The van der Waals surface area contributed by atoms with Crippen molar-refractivity contribution in [3.8, 4) is 5.75 Å². The summed E-state index contributed by atoms with van der Waals surface area (Å²) < 4.78 is 10.9. The molecule has 1 saturated heterocycles. The molecule has 2 aromatic rings. The van der Waals surface area contributed by atoms with E-state index in [9.17, 15) is 9.59 Å². The number of ether oxygens (including phenoxy) is 2. The molecule has 2 N–H and O–H groups in total. The first-order chi connectivity index (χ1) is 16.9. The third kappa shape index (κ3) is 5.55. The number of benzene rings is 2. The number of anilines is 1. The van der Waals surface area contributed by atoms with Crippen LogP contribution in [0.5, 0.6) is 5.75 Å². The second-order valence-corrected chi connectivity index (χ2v) is 9.02. The van der Waals surface area contributed by atoms with E-state index in [0.717, 1.165) is 36.9 Å². The molecule has 0 aliphatic carbocycles. The van der Waals surface area contributed by atoms with Gasteiger partial charge in [0.1, 0.15) is 5.75 Å². The van der Waals surface area contributed by atoms with Gasteiger partial charge in [-0.25, -0.2) is 9.59 Å². The Kier molecular flexibility index (Phi) is 7.83. The molecule has 2 aromatic carbocycles. The first-order valence-electron chi connectivity index (χ1n) is 11.7. The number of rotatable bonds is 7.